The molecule has 17 nitrogen and oxygen atoms in total. The molecule has 0 aliphatic rings. The molecule has 0 aliphatic carbocycles. The highest BCUT2D eigenvalue weighted by Crippen LogP contribution is 2.45. The molecule has 5 atom stereocenters. The first kappa shape index (κ1) is 87.1. The molecule has 0 aromatic carbocycles. The summed E-state index contributed by atoms with van der Waals surface area (Å²) in [6.07, 6.45) is 47.8. The van der Waals surface area contributed by atoms with E-state index in [0.29, 0.717) is 25.7 Å². The fourth-order valence-corrected chi connectivity index (χ4v) is 12.2. The molecular formula is C70H136O17P2. The van der Waals surface area contributed by atoms with E-state index in [2.05, 4.69) is 41.5 Å². The van der Waals surface area contributed by atoms with Gasteiger partial charge in [0.1, 0.15) is 19.3 Å². The summed E-state index contributed by atoms with van der Waals surface area (Å²) in [5.74, 6) is -0.657. The number of aliphatic hydroxyl groups excluding tert-OH is 1. The smallest absolute Gasteiger partial charge is 0.462 e. The van der Waals surface area contributed by atoms with Crippen LogP contribution < -0.4 is 0 Å². The summed E-state index contributed by atoms with van der Waals surface area (Å²) in [4.78, 5) is 72.2. The lowest BCUT2D eigenvalue weighted by Crippen LogP contribution is -2.30. The van der Waals surface area contributed by atoms with Crippen LogP contribution >= 0.6 is 15.6 Å². The summed E-state index contributed by atoms with van der Waals surface area (Å²) in [5.41, 5.74) is 0. The molecule has 0 amide bonds. The van der Waals surface area contributed by atoms with E-state index in [1.54, 1.807) is 0 Å². The topological polar surface area (TPSA) is 237 Å². The van der Waals surface area contributed by atoms with Crippen molar-refractivity contribution in [3.8, 4) is 0 Å². The Morgan fingerprint density at radius 1 is 0.303 bits per heavy atom. The van der Waals surface area contributed by atoms with Gasteiger partial charge in [0.25, 0.3) is 0 Å². The summed E-state index contributed by atoms with van der Waals surface area (Å²) in [6, 6.07) is 0. The van der Waals surface area contributed by atoms with E-state index in [4.69, 9.17) is 37.0 Å². The third kappa shape index (κ3) is 64.6. The van der Waals surface area contributed by atoms with E-state index >= 15 is 0 Å². The van der Waals surface area contributed by atoms with Crippen LogP contribution in [0.5, 0.6) is 0 Å². The van der Waals surface area contributed by atoms with Crippen molar-refractivity contribution in [3.05, 3.63) is 0 Å². The summed E-state index contributed by atoms with van der Waals surface area (Å²) in [5, 5.41) is 10.6. The lowest BCUT2D eigenvalue weighted by molar-refractivity contribution is -0.161. The Morgan fingerprint density at radius 2 is 0.517 bits per heavy atom. The molecule has 19 heteroatoms. The molecule has 0 saturated heterocycles. The third-order valence-electron chi connectivity index (χ3n) is 16.2. The van der Waals surface area contributed by atoms with Crippen LogP contribution in [-0.4, -0.2) is 96.7 Å². The maximum atomic E-state index is 13.0. The summed E-state index contributed by atoms with van der Waals surface area (Å²) in [6.45, 7) is 9.41. The van der Waals surface area contributed by atoms with Crippen molar-refractivity contribution < 1.29 is 80.2 Å². The first-order valence-electron chi connectivity index (χ1n) is 36.5. The van der Waals surface area contributed by atoms with Gasteiger partial charge in [0, 0.05) is 25.7 Å². The molecule has 528 valence electrons. The Hall–Kier alpha value is -1.94. The highest BCUT2D eigenvalue weighted by molar-refractivity contribution is 7.47. The van der Waals surface area contributed by atoms with Crippen molar-refractivity contribution in [1.29, 1.82) is 0 Å². The lowest BCUT2D eigenvalue weighted by atomic mass is 10.0. The van der Waals surface area contributed by atoms with E-state index in [1.165, 1.54) is 167 Å². The van der Waals surface area contributed by atoms with Crippen LogP contribution in [0.1, 0.15) is 356 Å². The van der Waals surface area contributed by atoms with Crippen molar-refractivity contribution in [2.75, 3.05) is 39.6 Å². The molecule has 0 aliphatic heterocycles. The maximum Gasteiger partial charge on any atom is 0.472 e. The number of aliphatic hydroxyl groups is 1. The monoisotopic (exact) mass is 1310 g/mol. The van der Waals surface area contributed by atoms with Crippen LogP contribution in [0.4, 0.5) is 0 Å². The first-order chi connectivity index (χ1) is 42.9. The van der Waals surface area contributed by atoms with E-state index in [0.717, 1.165) is 108 Å². The number of phosphoric acid groups is 2. The van der Waals surface area contributed by atoms with Crippen molar-refractivity contribution in [3.63, 3.8) is 0 Å². The molecule has 0 bridgehead atoms. The van der Waals surface area contributed by atoms with Gasteiger partial charge >= 0.3 is 39.5 Å². The molecule has 0 rings (SSSR count). The van der Waals surface area contributed by atoms with E-state index in [9.17, 15) is 43.2 Å². The van der Waals surface area contributed by atoms with Crippen molar-refractivity contribution in [2.45, 2.75) is 374 Å². The highest BCUT2D eigenvalue weighted by Gasteiger charge is 2.30. The minimum atomic E-state index is -4.95. The quantitative estimate of drug-likeness (QED) is 0.0222. The number of carbonyl (C=O) groups is 4. The van der Waals surface area contributed by atoms with Crippen LogP contribution in [0, 0.1) is 11.8 Å². The average Bonchev–Trinajstić information content (AvgIpc) is 3.68. The van der Waals surface area contributed by atoms with Gasteiger partial charge in [-0.25, -0.2) is 9.13 Å². The van der Waals surface area contributed by atoms with Gasteiger partial charge in [-0.3, -0.25) is 37.3 Å². The largest absolute Gasteiger partial charge is 0.472 e. The number of phosphoric ester groups is 2. The maximum absolute atomic E-state index is 13.0. The SMILES string of the molecule is CCCCCCCCCCCCCCCCCCCCCCC(=O)O[C@H](COC(=O)CCCCCCCCCCCC(C)C)COP(=O)(O)OC[C@@H](O)COP(=O)(O)OC[C@@H](COC(=O)CCCCCCC)OC(=O)CCCCCCCCCCCC(C)C. The molecule has 2 unspecified atom stereocenters. The lowest BCUT2D eigenvalue weighted by Gasteiger charge is -2.21. The van der Waals surface area contributed by atoms with Gasteiger partial charge in [-0.1, -0.05) is 305 Å². The predicted molar refractivity (Wildman–Crippen MR) is 358 cm³/mol. The van der Waals surface area contributed by atoms with Gasteiger partial charge in [-0.05, 0) is 37.5 Å². The molecular weight excluding hydrogens is 1170 g/mol. The summed E-state index contributed by atoms with van der Waals surface area (Å²) >= 11 is 0. The highest BCUT2D eigenvalue weighted by atomic mass is 31.2. The molecule has 89 heavy (non-hydrogen) atoms. The van der Waals surface area contributed by atoms with Crippen LogP contribution in [0.25, 0.3) is 0 Å². The Morgan fingerprint density at radius 3 is 0.764 bits per heavy atom. The number of carbonyl (C=O) groups excluding carboxylic acids is 4. The molecule has 0 aromatic heterocycles. The summed E-state index contributed by atoms with van der Waals surface area (Å²) in [7, 11) is -9.89. The zero-order chi connectivity index (χ0) is 65.7. The van der Waals surface area contributed by atoms with Gasteiger partial charge in [0.15, 0.2) is 12.2 Å². The Kier molecular flexibility index (Phi) is 60.8. The number of hydrogen-bond acceptors (Lipinski definition) is 15. The molecule has 0 aromatic rings. The Bertz CT molecular complexity index is 1730. The first-order valence-corrected chi connectivity index (χ1v) is 39.5. The second-order valence-electron chi connectivity index (χ2n) is 26.2. The Labute approximate surface area is 543 Å². The van der Waals surface area contributed by atoms with Gasteiger partial charge in [0.2, 0.25) is 0 Å². The number of esters is 4. The van der Waals surface area contributed by atoms with Crippen LogP contribution in [0.15, 0.2) is 0 Å². The van der Waals surface area contributed by atoms with Crippen molar-refractivity contribution in [2.24, 2.45) is 11.8 Å². The van der Waals surface area contributed by atoms with Crippen molar-refractivity contribution in [1.82, 2.24) is 0 Å². The molecule has 0 heterocycles. The molecule has 0 spiro atoms. The number of unbranched alkanes of at least 4 members (excludes halogenated alkanes) is 39. The fourth-order valence-electron chi connectivity index (χ4n) is 10.6. The minimum absolute atomic E-state index is 0.104. The number of hydrogen-bond donors (Lipinski definition) is 3. The van der Waals surface area contributed by atoms with Crippen LogP contribution in [0.3, 0.4) is 0 Å². The second kappa shape index (κ2) is 62.2. The molecule has 0 radical (unpaired) electrons. The fraction of sp³-hybridized carbons (Fsp3) is 0.943. The standard InChI is InChI=1S/C70H136O17P2/c1-7-9-11-13-14-15-16-17-18-19-20-21-22-23-24-25-30-36-42-48-54-69(74)87-66(59-81-68(73)53-47-41-35-31-26-28-33-39-44-50-62(3)4)61-85-89(78,79)83-57-64(71)56-82-88(76,77)84-60-65(58-80-67(72)52-46-38-12-10-8-2)86-70(75)55-49-43-37-32-27-29-34-40-45-51-63(5)6/h62-66,71H,7-61H2,1-6H3,(H,76,77)(H,78,79)/t64-,65+,66+/m0/s1. The third-order valence-corrected chi connectivity index (χ3v) is 18.1. The number of rotatable bonds is 69. The predicted octanol–water partition coefficient (Wildman–Crippen LogP) is 20.0. The van der Waals surface area contributed by atoms with E-state index in [1.807, 2.05) is 0 Å². The average molecular weight is 1310 g/mol. The zero-order valence-corrected chi connectivity index (χ0v) is 59.5. The Balaban J connectivity index is 5.12. The van der Waals surface area contributed by atoms with Gasteiger partial charge < -0.3 is 33.8 Å². The van der Waals surface area contributed by atoms with Gasteiger partial charge in [-0.2, -0.15) is 0 Å². The van der Waals surface area contributed by atoms with Gasteiger partial charge in [-0.15, -0.1) is 0 Å². The van der Waals surface area contributed by atoms with E-state index in [-0.39, 0.29) is 25.7 Å². The molecule has 3 N–H and O–H groups in total. The van der Waals surface area contributed by atoms with Crippen LogP contribution in [0.2, 0.25) is 0 Å². The van der Waals surface area contributed by atoms with Crippen molar-refractivity contribution >= 4 is 39.5 Å². The molecule has 0 fully saturated rings. The van der Waals surface area contributed by atoms with E-state index < -0.39 is 97.5 Å². The summed E-state index contributed by atoms with van der Waals surface area (Å²) < 4.78 is 68.0. The minimum Gasteiger partial charge on any atom is -0.462 e. The molecule has 0 saturated carbocycles. The van der Waals surface area contributed by atoms with Crippen LogP contribution in [-0.2, 0) is 65.4 Å². The second-order valence-corrected chi connectivity index (χ2v) is 29.1. The zero-order valence-electron chi connectivity index (χ0n) is 57.7. The number of ether oxygens (including phenoxy) is 4. The normalized spacial score (nSPS) is 14.1. The van der Waals surface area contributed by atoms with Gasteiger partial charge in [0.05, 0.1) is 26.4 Å².